The lowest BCUT2D eigenvalue weighted by atomic mass is 9.89. The van der Waals surface area contributed by atoms with Crippen LogP contribution in [0.4, 0.5) is 0 Å². The minimum absolute atomic E-state index is 0.240. The summed E-state index contributed by atoms with van der Waals surface area (Å²) in [7, 11) is 1.90. The molecule has 6 nitrogen and oxygen atoms in total. The van der Waals surface area contributed by atoms with Crippen molar-refractivity contribution in [1.29, 1.82) is 0 Å². The maximum Gasteiger partial charge on any atom is 0.227 e. The van der Waals surface area contributed by atoms with Crippen LogP contribution in [0.1, 0.15) is 39.3 Å². The third-order valence-corrected chi connectivity index (χ3v) is 4.68. The number of hydrogen-bond donors (Lipinski definition) is 0. The molecule has 0 aromatic carbocycles. The Bertz CT molecular complexity index is 746. The Labute approximate surface area is 149 Å². The van der Waals surface area contributed by atoms with Crippen LogP contribution in [0.15, 0.2) is 24.8 Å². The van der Waals surface area contributed by atoms with Crippen molar-refractivity contribution in [3.8, 4) is 11.3 Å². The number of piperidine rings is 1. The van der Waals surface area contributed by atoms with Gasteiger partial charge in [-0.05, 0) is 25.2 Å². The van der Waals surface area contributed by atoms with Gasteiger partial charge in [0.2, 0.25) is 5.91 Å². The maximum atomic E-state index is 12.6. The summed E-state index contributed by atoms with van der Waals surface area (Å²) in [5.41, 5.74) is 2.56. The highest BCUT2D eigenvalue weighted by molar-refractivity contribution is 5.81. The quantitative estimate of drug-likeness (QED) is 0.861. The Morgan fingerprint density at radius 3 is 2.72 bits per heavy atom. The van der Waals surface area contributed by atoms with Crippen molar-refractivity contribution < 1.29 is 4.79 Å². The van der Waals surface area contributed by atoms with Crippen molar-refractivity contribution in [3.05, 3.63) is 30.5 Å². The highest BCUT2D eigenvalue weighted by atomic mass is 16.2. The van der Waals surface area contributed by atoms with Gasteiger partial charge in [0.25, 0.3) is 0 Å². The number of rotatable bonds is 3. The Kier molecular flexibility index (Phi) is 4.88. The van der Waals surface area contributed by atoms with Crippen LogP contribution in [0, 0.1) is 11.3 Å². The van der Waals surface area contributed by atoms with Gasteiger partial charge in [-0.2, -0.15) is 5.10 Å². The average molecular weight is 341 g/mol. The zero-order valence-corrected chi connectivity index (χ0v) is 15.6. The van der Waals surface area contributed by atoms with Gasteiger partial charge in [-0.3, -0.25) is 19.4 Å². The lowest BCUT2D eigenvalue weighted by molar-refractivity contribution is -0.141. The van der Waals surface area contributed by atoms with Crippen molar-refractivity contribution in [3.63, 3.8) is 0 Å². The number of nitrogens with zero attached hydrogens (tertiary/aromatic N) is 5. The van der Waals surface area contributed by atoms with E-state index in [1.165, 1.54) is 0 Å². The molecule has 6 heteroatoms. The Morgan fingerprint density at radius 1 is 1.28 bits per heavy atom. The highest BCUT2D eigenvalue weighted by Crippen LogP contribution is 2.27. The smallest absolute Gasteiger partial charge is 0.227 e. The number of hydrogen-bond acceptors (Lipinski definition) is 4. The summed E-state index contributed by atoms with van der Waals surface area (Å²) in [4.78, 5) is 23.7. The van der Waals surface area contributed by atoms with Gasteiger partial charge in [-0.1, -0.05) is 20.8 Å². The molecule has 0 aliphatic carbocycles. The third-order valence-electron chi connectivity index (χ3n) is 4.68. The summed E-state index contributed by atoms with van der Waals surface area (Å²) in [6.45, 7) is 7.63. The number of aromatic nitrogens is 4. The molecule has 1 atom stereocenters. The second-order valence-electron chi connectivity index (χ2n) is 7.97. The Morgan fingerprint density at radius 2 is 2.04 bits per heavy atom. The van der Waals surface area contributed by atoms with Crippen molar-refractivity contribution in [1.82, 2.24) is 24.6 Å². The molecule has 2 aromatic rings. The molecule has 1 aliphatic heterocycles. The summed E-state index contributed by atoms with van der Waals surface area (Å²) < 4.78 is 1.78. The molecule has 0 radical (unpaired) electrons. The Balaban J connectivity index is 1.76. The van der Waals surface area contributed by atoms with Gasteiger partial charge in [-0.15, -0.1) is 0 Å². The van der Waals surface area contributed by atoms with Crippen molar-refractivity contribution >= 4 is 5.91 Å². The fourth-order valence-electron chi connectivity index (χ4n) is 3.46. The average Bonchev–Trinajstić information content (AvgIpc) is 3.00. The predicted molar refractivity (Wildman–Crippen MR) is 96.7 cm³/mol. The topological polar surface area (TPSA) is 63.9 Å². The van der Waals surface area contributed by atoms with Crippen LogP contribution in [0.25, 0.3) is 11.3 Å². The maximum absolute atomic E-state index is 12.6. The van der Waals surface area contributed by atoms with Gasteiger partial charge < -0.3 is 4.90 Å². The third kappa shape index (κ3) is 4.06. The fraction of sp³-hybridized carbons (Fsp3) is 0.579. The molecule has 2 aromatic heterocycles. The van der Waals surface area contributed by atoms with E-state index in [1.807, 2.05) is 45.1 Å². The van der Waals surface area contributed by atoms with Crippen LogP contribution in [0.3, 0.4) is 0 Å². The summed E-state index contributed by atoms with van der Waals surface area (Å²) in [6.07, 6.45) is 10.3. The van der Waals surface area contributed by atoms with Crippen LogP contribution >= 0.6 is 0 Å². The van der Waals surface area contributed by atoms with Crippen LogP contribution in [-0.2, 0) is 18.3 Å². The number of likely N-dealkylation sites (tertiary alicyclic amines) is 1. The molecular formula is C19H27N5O. The molecule has 1 saturated heterocycles. The van der Waals surface area contributed by atoms with Crippen LogP contribution in [-0.4, -0.2) is 43.6 Å². The number of aryl methyl sites for hydroxylation is 1. The summed E-state index contributed by atoms with van der Waals surface area (Å²) in [5.74, 6) is 0.663. The largest absolute Gasteiger partial charge is 0.342 e. The first-order valence-corrected chi connectivity index (χ1v) is 8.93. The monoisotopic (exact) mass is 341 g/mol. The molecule has 134 valence electrons. The molecule has 0 bridgehead atoms. The van der Waals surface area contributed by atoms with Gasteiger partial charge >= 0.3 is 0 Å². The van der Waals surface area contributed by atoms with E-state index in [0.29, 0.717) is 5.92 Å². The predicted octanol–water partition coefficient (Wildman–Crippen LogP) is 2.70. The molecule has 0 unspecified atom stereocenters. The van der Waals surface area contributed by atoms with Crippen molar-refractivity contribution in [2.45, 2.75) is 40.0 Å². The van der Waals surface area contributed by atoms with E-state index in [-0.39, 0.29) is 11.3 Å². The van der Waals surface area contributed by atoms with Gasteiger partial charge in [0.05, 0.1) is 17.6 Å². The van der Waals surface area contributed by atoms with E-state index in [0.717, 1.165) is 49.3 Å². The summed E-state index contributed by atoms with van der Waals surface area (Å²) in [5, 5.41) is 4.24. The van der Waals surface area contributed by atoms with Crippen molar-refractivity contribution in [2.24, 2.45) is 18.4 Å². The van der Waals surface area contributed by atoms with Crippen LogP contribution < -0.4 is 0 Å². The molecule has 1 aliphatic rings. The van der Waals surface area contributed by atoms with E-state index in [4.69, 9.17) is 0 Å². The van der Waals surface area contributed by atoms with E-state index in [2.05, 4.69) is 15.1 Å². The molecule has 25 heavy (non-hydrogen) atoms. The van der Waals surface area contributed by atoms with E-state index < -0.39 is 0 Å². The van der Waals surface area contributed by atoms with Gasteiger partial charge in [0.15, 0.2) is 0 Å². The first kappa shape index (κ1) is 17.6. The highest BCUT2D eigenvalue weighted by Gasteiger charge is 2.31. The second kappa shape index (κ2) is 6.94. The second-order valence-corrected chi connectivity index (χ2v) is 7.97. The van der Waals surface area contributed by atoms with Gasteiger partial charge in [0, 0.05) is 49.7 Å². The number of carbonyl (C=O) groups is 1. The summed E-state index contributed by atoms with van der Waals surface area (Å²) in [6, 6.07) is 0. The number of amides is 1. The SMILES string of the molecule is Cn1cc(-c2nccnc2C[C@H]2CCCN(C(=O)C(C)(C)C)C2)cn1. The van der Waals surface area contributed by atoms with E-state index >= 15 is 0 Å². The summed E-state index contributed by atoms with van der Waals surface area (Å²) >= 11 is 0. The van der Waals surface area contributed by atoms with Gasteiger partial charge in [-0.25, -0.2) is 0 Å². The van der Waals surface area contributed by atoms with Crippen LogP contribution in [0.2, 0.25) is 0 Å². The standard InChI is InChI=1S/C19H27N5O/c1-19(2,3)18(25)24-9-5-6-14(12-24)10-16-17(21-8-7-20-16)15-11-22-23(4)13-15/h7-8,11,13-14H,5-6,9-10,12H2,1-4H3/t14-/m1/s1. The molecule has 0 N–H and O–H groups in total. The normalized spacial score (nSPS) is 18.4. The molecule has 0 spiro atoms. The van der Waals surface area contributed by atoms with E-state index in [9.17, 15) is 4.79 Å². The van der Waals surface area contributed by atoms with E-state index in [1.54, 1.807) is 17.1 Å². The van der Waals surface area contributed by atoms with Gasteiger partial charge in [0.1, 0.15) is 0 Å². The molecule has 3 rings (SSSR count). The lowest BCUT2D eigenvalue weighted by Crippen LogP contribution is -2.45. The molecule has 0 saturated carbocycles. The zero-order chi connectivity index (χ0) is 18.0. The molecule has 3 heterocycles. The van der Waals surface area contributed by atoms with Crippen LogP contribution in [0.5, 0.6) is 0 Å². The fourth-order valence-corrected chi connectivity index (χ4v) is 3.46. The minimum Gasteiger partial charge on any atom is -0.342 e. The number of carbonyl (C=O) groups excluding carboxylic acids is 1. The lowest BCUT2D eigenvalue weighted by Gasteiger charge is -2.36. The minimum atomic E-state index is -0.324. The van der Waals surface area contributed by atoms with Crippen molar-refractivity contribution in [2.75, 3.05) is 13.1 Å². The zero-order valence-electron chi connectivity index (χ0n) is 15.6. The Hall–Kier alpha value is -2.24. The molecular weight excluding hydrogens is 314 g/mol. The first-order chi connectivity index (χ1) is 11.8. The molecule has 1 amide bonds. The molecule has 1 fully saturated rings. The first-order valence-electron chi connectivity index (χ1n) is 8.93.